The van der Waals surface area contributed by atoms with Gasteiger partial charge in [-0.2, -0.15) is 5.10 Å². The fourth-order valence-corrected chi connectivity index (χ4v) is 1.84. The van der Waals surface area contributed by atoms with Crippen molar-refractivity contribution in [2.24, 2.45) is 5.73 Å². The molecule has 5 heteroatoms. The van der Waals surface area contributed by atoms with Gasteiger partial charge in [-0.1, -0.05) is 29.8 Å². The molecule has 1 heterocycles. The molecule has 16 heavy (non-hydrogen) atoms. The minimum absolute atomic E-state index is 0.117. The second-order valence-corrected chi connectivity index (χ2v) is 3.86. The van der Waals surface area contributed by atoms with Crippen molar-refractivity contribution < 1.29 is 0 Å². The molecular formula is C11H12ClN3O. The number of hydrogen-bond acceptors (Lipinski definition) is 3. The minimum Gasteiger partial charge on any atom is -0.330 e. The van der Waals surface area contributed by atoms with Crippen LogP contribution >= 0.6 is 11.6 Å². The highest BCUT2D eigenvalue weighted by atomic mass is 35.5. The number of fused-ring (bicyclic) bond motifs is 1. The van der Waals surface area contributed by atoms with Crippen LogP contribution in [0.25, 0.3) is 10.8 Å². The number of aryl methyl sites for hydroxylation is 1. The minimum atomic E-state index is -0.117. The van der Waals surface area contributed by atoms with E-state index in [1.54, 1.807) is 12.1 Å². The quantitative estimate of drug-likeness (QED) is 0.878. The number of hydrogen-bond donors (Lipinski definition) is 1. The Morgan fingerprint density at radius 1 is 1.31 bits per heavy atom. The maximum absolute atomic E-state index is 12.0. The molecule has 0 unspecified atom stereocenters. The number of rotatable bonds is 3. The number of benzene rings is 1. The van der Waals surface area contributed by atoms with Crippen LogP contribution < -0.4 is 11.3 Å². The van der Waals surface area contributed by atoms with E-state index in [1.165, 1.54) is 4.68 Å². The van der Waals surface area contributed by atoms with Crippen LogP contribution in [0.5, 0.6) is 0 Å². The van der Waals surface area contributed by atoms with E-state index in [1.807, 2.05) is 12.1 Å². The SMILES string of the molecule is NCCCn1nc(Cl)c2ccccc2c1=O. The lowest BCUT2D eigenvalue weighted by molar-refractivity contribution is 0.559. The summed E-state index contributed by atoms with van der Waals surface area (Å²) < 4.78 is 1.37. The Bertz CT molecular complexity index is 565. The molecule has 0 aliphatic carbocycles. The lowest BCUT2D eigenvalue weighted by Gasteiger charge is -2.06. The fraction of sp³-hybridized carbons (Fsp3) is 0.273. The molecule has 2 rings (SSSR count). The van der Waals surface area contributed by atoms with Crippen molar-refractivity contribution in [3.63, 3.8) is 0 Å². The molecule has 0 saturated carbocycles. The third-order valence-corrected chi connectivity index (χ3v) is 2.68. The van der Waals surface area contributed by atoms with Crippen molar-refractivity contribution >= 4 is 22.4 Å². The summed E-state index contributed by atoms with van der Waals surface area (Å²) in [4.78, 5) is 12.0. The highest BCUT2D eigenvalue weighted by Crippen LogP contribution is 2.17. The van der Waals surface area contributed by atoms with Crippen LogP contribution in [-0.4, -0.2) is 16.3 Å². The summed E-state index contributed by atoms with van der Waals surface area (Å²) in [6.07, 6.45) is 0.710. The van der Waals surface area contributed by atoms with Gasteiger partial charge < -0.3 is 5.73 Å². The zero-order chi connectivity index (χ0) is 11.5. The molecule has 84 valence electrons. The van der Waals surface area contributed by atoms with Gasteiger partial charge in [0.15, 0.2) is 5.15 Å². The predicted molar refractivity (Wildman–Crippen MR) is 64.7 cm³/mol. The molecular weight excluding hydrogens is 226 g/mol. The number of nitrogens with two attached hydrogens (primary N) is 1. The molecule has 0 atom stereocenters. The standard InChI is InChI=1S/C11H12ClN3O/c12-10-8-4-1-2-5-9(8)11(16)15(14-10)7-3-6-13/h1-2,4-5H,3,6-7,13H2. The van der Waals surface area contributed by atoms with Crippen molar-refractivity contribution in [1.29, 1.82) is 0 Å². The smallest absolute Gasteiger partial charge is 0.274 e. The molecule has 0 bridgehead atoms. The lowest BCUT2D eigenvalue weighted by atomic mass is 10.2. The van der Waals surface area contributed by atoms with E-state index in [0.717, 1.165) is 0 Å². The van der Waals surface area contributed by atoms with Crippen LogP contribution in [0.3, 0.4) is 0 Å². The molecule has 0 aliphatic heterocycles. The second kappa shape index (κ2) is 4.63. The van der Waals surface area contributed by atoms with Crippen LogP contribution in [0.2, 0.25) is 5.15 Å². The van der Waals surface area contributed by atoms with Gasteiger partial charge in [-0.15, -0.1) is 0 Å². The van der Waals surface area contributed by atoms with Crippen LogP contribution in [0.4, 0.5) is 0 Å². The average molecular weight is 238 g/mol. The van der Waals surface area contributed by atoms with E-state index in [9.17, 15) is 4.79 Å². The lowest BCUT2D eigenvalue weighted by Crippen LogP contribution is -2.24. The molecule has 4 nitrogen and oxygen atoms in total. The predicted octanol–water partition coefficient (Wildman–Crippen LogP) is 1.40. The first-order valence-electron chi connectivity index (χ1n) is 5.09. The number of nitrogens with zero attached hydrogens (tertiary/aromatic N) is 2. The number of halogens is 1. The van der Waals surface area contributed by atoms with Crippen molar-refractivity contribution in [2.45, 2.75) is 13.0 Å². The Morgan fingerprint density at radius 2 is 2.00 bits per heavy atom. The summed E-state index contributed by atoms with van der Waals surface area (Å²) in [6.45, 7) is 1.03. The van der Waals surface area contributed by atoms with Gasteiger partial charge in [0, 0.05) is 11.9 Å². The van der Waals surface area contributed by atoms with Crippen molar-refractivity contribution in [3.8, 4) is 0 Å². The summed E-state index contributed by atoms with van der Waals surface area (Å²) in [5, 5.41) is 5.70. The second-order valence-electron chi connectivity index (χ2n) is 3.51. The van der Waals surface area contributed by atoms with Crippen molar-refractivity contribution in [1.82, 2.24) is 9.78 Å². The Balaban J connectivity index is 2.61. The van der Waals surface area contributed by atoms with E-state index in [-0.39, 0.29) is 5.56 Å². The molecule has 0 radical (unpaired) electrons. The largest absolute Gasteiger partial charge is 0.330 e. The van der Waals surface area contributed by atoms with Gasteiger partial charge in [-0.3, -0.25) is 4.79 Å². The van der Waals surface area contributed by atoms with Gasteiger partial charge in [0.05, 0.1) is 5.39 Å². The maximum atomic E-state index is 12.0. The molecule has 0 amide bonds. The number of aromatic nitrogens is 2. The zero-order valence-corrected chi connectivity index (χ0v) is 9.44. The van der Waals surface area contributed by atoms with Gasteiger partial charge in [0.25, 0.3) is 5.56 Å². The van der Waals surface area contributed by atoms with Crippen LogP contribution in [-0.2, 0) is 6.54 Å². The van der Waals surface area contributed by atoms with Crippen molar-refractivity contribution in [2.75, 3.05) is 6.54 Å². The Hall–Kier alpha value is -1.39. The molecule has 0 spiro atoms. The van der Waals surface area contributed by atoms with Crippen LogP contribution in [0, 0.1) is 0 Å². The van der Waals surface area contributed by atoms with Crippen LogP contribution in [0.1, 0.15) is 6.42 Å². The van der Waals surface area contributed by atoms with E-state index in [2.05, 4.69) is 5.10 Å². The van der Waals surface area contributed by atoms with Crippen molar-refractivity contribution in [3.05, 3.63) is 39.8 Å². The average Bonchev–Trinajstić information content (AvgIpc) is 2.32. The molecule has 1 aromatic heterocycles. The third-order valence-electron chi connectivity index (χ3n) is 2.40. The summed E-state index contributed by atoms with van der Waals surface area (Å²) in [5.74, 6) is 0. The molecule has 2 aromatic rings. The van der Waals surface area contributed by atoms with E-state index >= 15 is 0 Å². The highest BCUT2D eigenvalue weighted by Gasteiger charge is 2.07. The molecule has 1 aromatic carbocycles. The van der Waals surface area contributed by atoms with Gasteiger partial charge >= 0.3 is 0 Å². The molecule has 0 aliphatic rings. The monoisotopic (exact) mass is 237 g/mol. The summed E-state index contributed by atoms with van der Waals surface area (Å²) >= 11 is 6.01. The van der Waals surface area contributed by atoms with Gasteiger partial charge in [0.1, 0.15) is 0 Å². The summed E-state index contributed by atoms with van der Waals surface area (Å²) in [7, 11) is 0. The topological polar surface area (TPSA) is 60.9 Å². The van der Waals surface area contributed by atoms with Gasteiger partial charge in [-0.25, -0.2) is 4.68 Å². The van der Waals surface area contributed by atoms with Gasteiger partial charge in [0.2, 0.25) is 0 Å². The summed E-state index contributed by atoms with van der Waals surface area (Å²) in [5.41, 5.74) is 5.28. The molecule has 2 N–H and O–H groups in total. The van der Waals surface area contributed by atoms with E-state index in [0.29, 0.717) is 35.4 Å². The summed E-state index contributed by atoms with van der Waals surface area (Å²) in [6, 6.07) is 7.19. The third kappa shape index (κ3) is 1.94. The Labute approximate surface area is 97.6 Å². The molecule has 0 fully saturated rings. The first kappa shape index (κ1) is 11.1. The van der Waals surface area contributed by atoms with Gasteiger partial charge in [-0.05, 0) is 19.0 Å². The highest BCUT2D eigenvalue weighted by molar-refractivity contribution is 6.34. The first-order valence-corrected chi connectivity index (χ1v) is 5.47. The normalized spacial score (nSPS) is 10.9. The molecule has 0 saturated heterocycles. The zero-order valence-electron chi connectivity index (χ0n) is 8.69. The van der Waals surface area contributed by atoms with Crippen LogP contribution in [0.15, 0.2) is 29.1 Å². The Kier molecular flexibility index (Phi) is 3.22. The maximum Gasteiger partial charge on any atom is 0.274 e. The van der Waals surface area contributed by atoms with E-state index < -0.39 is 0 Å². The fourth-order valence-electron chi connectivity index (χ4n) is 1.59. The first-order chi connectivity index (χ1) is 7.74. The Morgan fingerprint density at radius 3 is 2.69 bits per heavy atom. The van der Waals surface area contributed by atoms with E-state index in [4.69, 9.17) is 17.3 Å².